The van der Waals surface area contributed by atoms with Gasteiger partial charge in [-0.25, -0.2) is 4.98 Å². The number of aromatic amines is 1. The number of carbonyl (C=O) groups excluding carboxylic acids is 1. The molecule has 1 amide bonds. The first-order chi connectivity index (χ1) is 11.6. The number of nitrogens with one attached hydrogen (secondary N) is 2. The van der Waals surface area contributed by atoms with E-state index >= 15 is 0 Å². The predicted octanol–water partition coefficient (Wildman–Crippen LogP) is 2.60. The lowest BCUT2D eigenvalue weighted by atomic mass is 10.2. The Morgan fingerprint density at radius 3 is 2.92 bits per heavy atom. The number of H-pyrrole nitrogens is 1. The van der Waals surface area contributed by atoms with Gasteiger partial charge in [0.15, 0.2) is 5.16 Å². The number of pyridine rings is 1. The molecule has 1 aromatic carbocycles. The average Bonchev–Trinajstić information content (AvgIpc) is 3.04. The highest BCUT2D eigenvalue weighted by Gasteiger charge is 2.11. The van der Waals surface area contributed by atoms with E-state index in [1.54, 1.807) is 18.3 Å². The highest BCUT2D eigenvalue weighted by molar-refractivity contribution is 7.99. The molecule has 0 unspecified atom stereocenters. The Bertz CT molecular complexity index is 916. The first kappa shape index (κ1) is 16.1. The molecule has 0 atom stereocenters. The molecule has 2 heterocycles. The lowest BCUT2D eigenvalue weighted by Gasteiger charge is -2.10. The number of nitrogens with zero attached hydrogens (tertiary/aromatic N) is 2. The number of anilines is 1. The summed E-state index contributed by atoms with van der Waals surface area (Å²) in [7, 11) is 0. The van der Waals surface area contributed by atoms with Crippen LogP contribution in [-0.2, 0) is 4.79 Å². The Balaban J connectivity index is 1.69. The summed E-state index contributed by atoms with van der Waals surface area (Å²) in [6.45, 7) is 2.03. The minimum absolute atomic E-state index is 0.164. The molecular weight excluding hydrogens is 324 g/mol. The molecule has 2 aromatic heterocycles. The van der Waals surface area contributed by atoms with Crippen LogP contribution in [0, 0.1) is 6.92 Å². The summed E-state index contributed by atoms with van der Waals surface area (Å²) in [4.78, 5) is 30.4. The number of imidazole rings is 1. The van der Waals surface area contributed by atoms with Gasteiger partial charge in [0.25, 0.3) is 5.56 Å². The molecule has 3 aromatic rings. The summed E-state index contributed by atoms with van der Waals surface area (Å²) in [6.07, 6.45) is 5.09. The molecule has 0 aliphatic heterocycles. The standard InChI is InChI=1S/C17H16N4O2S/c1-12-5-2-3-7-14(12)21-10-9-19-17(21)24-11-15(22)20-13-6-4-8-18-16(13)23/h2-10H,11H2,1H3,(H,18,23)(H,20,22). The number of para-hydroxylation sites is 1. The van der Waals surface area contributed by atoms with Crippen molar-refractivity contribution in [2.24, 2.45) is 0 Å². The van der Waals surface area contributed by atoms with Crippen molar-refractivity contribution in [1.82, 2.24) is 14.5 Å². The molecule has 7 heteroatoms. The lowest BCUT2D eigenvalue weighted by Crippen LogP contribution is -2.20. The summed E-state index contributed by atoms with van der Waals surface area (Å²) in [5.41, 5.74) is 2.07. The summed E-state index contributed by atoms with van der Waals surface area (Å²) in [5, 5.41) is 3.33. The third-order valence-electron chi connectivity index (χ3n) is 3.41. The second kappa shape index (κ2) is 7.18. The van der Waals surface area contributed by atoms with Gasteiger partial charge in [0.05, 0.1) is 11.4 Å². The van der Waals surface area contributed by atoms with Crippen LogP contribution in [0.25, 0.3) is 5.69 Å². The fourth-order valence-corrected chi connectivity index (χ4v) is 3.02. The van der Waals surface area contributed by atoms with Crippen LogP contribution in [0.3, 0.4) is 0 Å². The number of aromatic nitrogens is 3. The third kappa shape index (κ3) is 3.57. The SMILES string of the molecule is Cc1ccccc1-n1ccnc1SCC(=O)Nc1ccc[nH]c1=O. The van der Waals surface area contributed by atoms with Gasteiger partial charge in [-0.05, 0) is 30.7 Å². The normalized spacial score (nSPS) is 10.5. The van der Waals surface area contributed by atoms with Crippen LogP contribution in [-0.4, -0.2) is 26.2 Å². The Kier molecular flexibility index (Phi) is 4.81. The molecule has 0 bridgehead atoms. The van der Waals surface area contributed by atoms with Crippen molar-refractivity contribution in [3.8, 4) is 5.69 Å². The quantitative estimate of drug-likeness (QED) is 0.700. The molecule has 0 spiro atoms. The first-order valence-electron chi connectivity index (χ1n) is 7.35. The van der Waals surface area contributed by atoms with Gasteiger partial charge in [-0.1, -0.05) is 30.0 Å². The molecule has 0 radical (unpaired) electrons. The smallest absolute Gasteiger partial charge is 0.271 e. The van der Waals surface area contributed by atoms with Crippen LogP contribution in [0.2, 0.25) is 0 Å². The number of aryl methyl sites for hydroxylation is 1. The van der Waals surface area contributed by atoms with Crippen molar-refractivity contribution >= 4 is 23.4 Å². The third-order valence-corrected chi connectivity index (χ3v) is 4.37. The molecule has 2 N–H and O–H groups in total. The van der Waals surface area contributed by atoms with E-state index in [9.17, 15) is 9.59 Å². The number of carbonyl (C=O) groups is 1. The number of amides is 1. The molecule has 0 saturated heterocycles. The van der Waals surface area contributed by atoms with E-state index in [2.05, 4.69) is 15.3 Å². The van der Waals surface area contributed by atoms with Crippen molar-refractivity contribution in [2.75, 3.05) is 11.1 Å². The number of thioether (sulfide) groups is 1. The minimum Gasteiger partial charge on any atom is -0.327 e. The molecule has 0 aliphatic carbocycles. The first-order valence-corrected chi connectivity index (χ1v) is 8.33. The maximum Gasteiger partial charge on any atom is 0.271 e. The fraction of sp³-hybridized carbons (Fsp3) is 0.118. The molecule has 122 valence electrons. The van der Waals surface area contributed by atoms with E-state index < -0.39 is 0 Å². The van der Waals surface area contributed by atoms with Crippen molar-refractivity contribution in [3.63, 3.8) is 0 Å². The average molecular weight is 340 g/mol. The van der Waals surface area contributed by atoms with Crippen LogP contribution in [0.1, 0.15) is 5.56 Å². The molecule has 3 rings (SSSR count). The van der Waals surface area contributed by atoms with Crippen molar-refractivity contribution in [1.29, 1.82) is 0 Å². The van der Waals surface area contributed by atoms with E-state index in [0.29, 0.717) is 0 Å². The highest BCUT2D eigenvalue weighted by Crippen LogP contribution is 2.22. The second-order valence-electron chi connectivity index (χ2n) is 5.12. The molecular formula is C17H16N4O2S. The predicted molar refractivity (Wildman–Crippen MR) is 94.7 cm³/mol. The second-order valence-corrected chi connectivity index (χ2v) is 6.06. The van der Waals surface area contributed by atoms with Crippen molar-refractivity contribution in [2.45, 2.75) is 12.1 Å². The van der Waals surface area contributed by atoms with Gasteiger partial charge in [0.2, 0.25) is 5.91 Å². The maximum atomic E-state index is 12.1. The Morgan fingerprint density at radius 2 is 2.12 bits per heavy atom. The zero-order valence-electron chi connectivity index (χ0n) is 13.0. The highest BCUT2D eigenvalue weighted by atomic mass is 32.2. The summed E-state index contributed by atoms with van der Waals surface area (Å²) in [6, 6.07) is 11.2. The van der Waals surface area contributed by atoms with E-state index in [1.807, 2.05) is 42.0 Å². The van der Waals surface area contributed by atoms with Gasteiger partial charge in [-0.15, -0.1) is 0 Å². The number of benzene rings is 1. The van der Waals surface area contributed by atoms with Crippen LogP contribution in [0.4, 0.5) is 5.69 Å². The van der Waals surface area contributed by atoms with E-state index in [0.717, 1.165) is 16.4 Å². The van der Waals surface area contributed by atoms with Gasteiger partial charge < -0.3 is 10.3 Å². The van der Waals surface area contributed by atoms with E-state index in [4.69, 9.17) is 0 Å². The van der Waals surface area contributed by atoms with Crippen LogP contribution in [0.15, 0.2) is 64.9 Å². The van der Waals surface area contributed by atoms with Crippen molar-refractivity contribution in [3.05, 3.63) is 70.9 Å². The van der Waals surface area contributed by atoms with Crippen LogP contribution in [0.5, 0.6) is 0 Å². The fourth-order valence-electron chi connectivity index (χ4n) is 2.25. The Morgan fingerprint density at radius 1 is 1.29 bits per heavy atom. The molecule has 0 aliphatic rings. The van der Waals surface area contributed by atoms with Gasteiger partial charge in [-0.2, -0.15) is 0 Å². The molecule has 0 fully saturated rings. The Hall–Kier alpha value is -2.80. The Labute approximate surface area is 142 Å². The van der Waals surface area contributed by atoms with Gasteiger partial charge in [0, 0.05) is 18.6 Å². The zero-order chi connectivity index (χ0) is 16.9. The van der Waals surface area contributed by atoms with E-state index in [-0.39, 0.29) is 22.9 Å². The molecule has 0 saturated carbocycles. The molecule has 24 heavy (non-hydrogen) atoms. The minimum atomic E-state index is -0.322. The number of rotatable bonds is 5. The van der Waals surface area contributed by atoms with Crippen molar-refractivity contribution < 1.29 is 4.79 Å². The topological polar surface area (TPSA) is 79.8 Å². The van der Waals surface area contributed by atoms with Gasteiger partial charge in [-0.3, -0.25) is 14.2 Å². The summed E-state index contributed by atoms with van der Waals surface area (Å²) in [5.74, 6) is -0.0898. The van der Waals surface area contributed by atoms with Gasteiger partial charge in [0.1, 0.15) is 5.69 Å². The van der Waals surface area contributed by atoms with E-state index in [1.165, 1.54) is 18.0 Å². The number of hydrogen-bond acceptors (Lipinski definition) is 4. The summed E-state index contributed by atoms with van der Waals surface area (Å²) >= 11 is 1.32. The largest absolute Gasteiger partial charge is 0.327 e. The summed E-state index contributed by atoms with van der Waals surface area (Å²) < 4.78 is 1.95. The maximum absolute atomic E-state index is 12.1. The molecule has 6 nitrogen and oxygen atoms in total. The number of hydrogen-bond donors (Lipinski definition) is 2. The van der Waals surface area contributed by atoms with Crippen LogP contribution < -0.4 is 10.9 Å². The van der Waals surface area contributed by atoms with Gasteiger partial charge >= 0.3 is 0 Å². The zero-order valence-corrected chi connectivity index (χ0v) is 13.8. The van der Waals surface area contributed by atoms with Crippen LogP contribution >= 0.6 is 11.8 Å². The monoisotopic (exact) mass is 340 g/mol. The lowest BCUT2D eigenvalue weighted by molar-refractivity contribution is -0.113.